The van der Waals surface area contributed by atoms with Crippen molar-refractivity contribution in [3.05, 3.63) is 166 Å². The largest absolute Gasteiger partial charge is 0.385 e. The summed E-state index contributed by atoms with van der Waals surface area (Å²) < 4.78 is 0. The average Bonchev–Trinajstić information content (AvgIpc) is 3.35. The molecule has 0 aromatic heterocycles. The zero-order valence-electron chi connectivity index (χ0n) is 48.5. The van der Waals surface area contributed by atoms with Crippen molar-refractivity contribution in [1.82, 2.24) is 0 Å². The highest BCUT2D eigenvalue weighted by molar-refractivity contribution is 5.86. The Labute approximate surface area is 438 Å². The maximum absolute atomic E-state index is 11.0. The first kappa shape index (κ1) is 58.6. The Morgan fingerprint density at radius 2 is 0.417 bits per heavy atom. The van der Waals surface area contributed by atoms with Gasteiger partial charge in [0, 0.05) is 21.7 Å². The molecule has 4 aromatic carbocycles. The van der Waals surface area contributed by atoms with E-state index in [-0.39, 0.29) is 21.7 Å². The lowest BCUT2D eigenvalue weighted by Crippen LogP contribution is -2.57. The van der Waals surface area contributed by atoms with Gasteiger partial charge in [-0.25, -0.2) is 0 Å². The summed E-state index contributed by atoms with van der Waals surface area (Å²) in [4.78, 5) is 0. The van der Waals surface area contributed by atoms with Crippen LogP contribution < -0.4 is 0 Å². The second-order valence-corrected chi connectivity index (χ2v) is 24.0. The van der Waals surface area contributed by atoms with Crippen LogP contribution in [0.1, 0.15) is 186 Å². The van der Waals surface area contributed by atoms with Crippen molar-refractivity contribution >= 4 is 22.3 Å². The topological polar surface area (TPSA) is 80.9 Å². The van der Waals surface area contributed by atoms with E-state index in [9.17, 15) is 20.4 Å². The standard InChI is InChI=1S/4C17H24O/c4*1-6-14-15(13-10-8-7-9-11-13)17(5,18)16(14,4)12(2)3/h4*7-12,18H,6H2,1-5H3/t4*16-,17-/m1111/s1. The fraction of sp³-hybridized carbons (Fsp3) is 0.529. The molecule has 0 heterocycles. The normalized spacial score (nSPS) is 31.7. The van der Waals surface area contributed by atoms with Crippen molar-refractivity contribution in [3.8, 4) is 0 Å². The van der Waals surface area contributed by atoms with Crippen LogP contribution in [0.2, 0.25) is 0 Å². The summed E-state index contributed by atoms with van der Waals surface area (Å²) in [5.74, 6) is 1.76. The van der Waals surface area contributed by atoms with E-state index < -0.39 is 22.4 Å². The van der Waals surface area contributed by atoms with Crippen LogP contribution in [-0.4, -0.2) is 42.8 Å². The minimum Gasteiger partial charge on any atom is -0.385 e. The van der Waals surface area contributed by atoms with Gasteiger partial charge in [0.25, 0.3) is 0 Å². The highest BCUT2D eigenvalue weighted by atomic mass is 16.3. The van der Waals surface area contributed by atoms with E-state index in [2.05, 4.69) is 159 Å². The molecule has 8 atom stereocenters. The molecule has 0 unspecified atom stereocenters. The molecule has 4 aliphatic rings. The molecule has 0 spiro atoms. The van der Waals surface area contributed by atoms with Gasteiger partial charge < -0.3 is 20.4 Å². The quantitative estimate of drug-likeness (QED) is 0.114. The van der Waals surface area contributed by atoms with Gasteiger partial charge in [0.1, 0.15) is 0 Å². The van der Waals surface area contributed by atoms with E-state index in [0.29, 0.717) is 23.7 Å². The van der Waals surface area contributed by atoms with Crippen LogP contribution in [-0.2, 0) is 0 Å². The third-order valence-corrected chi connectivity index (χ3v) is 20.0. The molecule has 0 radical (unpaired) electrons. The fourth-order valence-electron chi connectivity index (χ4n) is 14.2. The van der Waals surface area contributed by atoms with Crippen LogP contribution in [0.4, 0.5) is 0 Å². The van der Waals surface area contributed by atoms with E-state index in [1.54, 1.807) is 0 Å². The number of hydrogen-bond acceptors (Lipinski definition) is 4. The molecule has 4 N–H and O–H groups in total. The molecule has 4 heteroatoms. The Hall–Kier alpha value is -4.32. The Morgan fingerprint density at radius 3 is 0.528 bits per heavy atom. The number of aliphatic hydroxyl groups is 4. The van der Waals surface area contributed by atoms with Crippen molar-refractivity contribution in [3.63, 3.8) is 0 Å². The molecule has 4 aromatic rings. The maximum atomic E-state index is 11.0. The monoisotopic (exact) mass is 977 g/mol. The molecular formula is C68H96O4. The van der Waals surface area contributed by atoms with Gasteiger partial charge in [-0.1, -0.05) is 254 Å². The minimum atomic E-state index is -0.728. The molecule has 392 valence electrons. The first-order valence-electron chi connectivity index (χ1n) is 27.6. The van der Waals surface area contributed by atoms with Crippen LogP contribution in [0.3, 0.4) is 0 Å². The zero-order chi connectivity index (χ0) is 54.2. The van der Waals surface area contributed by atoms with Gasteiger partial charge in [-0.05, 0) is 122 Å². The summed E-state index contributed by atoms with van der Waals surface area (Å²) in [5, 5.41) is 43.8. The van der Waals surface area contributed by atoms with E-state index in [1.807, 2.05) is 100 Å². The minimum absolute atomic E-state index is 0.104. The van der Waals surface area contributed by atoms with E-state index in [4.69, 9.17) is 0 Å². The summed E-state index contributed by atoms with van der Waals surface area (Å²) in [7, 11) is 0. The van der Waals surface area contributed by atoms with Crippen LogP contribution in [0.15, 0.2) is 144 Å². The molecule has 8 rings (SSSR count). The van der Waals surface area contributed by atoms with Crippen molar-refractivity contribution in [1.29, 1.82) is 0 Å². The van der Waals surface area contributed by atoms with Gasteiger partial charge in [-0.2, -0.15) is 0 Å². The summed E-state index contributed by atoms with van der Waals surface area (Å²) >= 11 is 0. The van der Waals surface area contributed by atoms with Crippen LogP contribution in [0.5, 0.6) is 0 Å². The van der Waals surface area contributed by atoms with Crippen LogP contribution in [0, 0.1) is 45.3 Å². The van der Waals surface area contributed by atoms with Crippen molar-refractivity contribution < 1.29 is 20.4 Å². The van der Waals surface area contributed by atoms with Crippen LogP contribution in [0.25, 0.3) is 22.3 Å². The average molecular weight is 978 g/mol. The summed E-state index contributed by atoms with van der Waals surface area (Å²) in [5.41, 5.74) is 11.5. The van der Waals surface area contributed by atoms with E-state index in [0.717, 1.165) is 70.2 Å². The fourth-order valence-corrected chi connectivity index (χ4v) is 14.2. The molecular weight excluding hydrogens is 881 g/mol. The van der Waals surface area contributed by atoms with Crippen molar-refractivity contribution in [2.45, 2.75) is 187 Å². The SMILES string of the molecule is CCC1=C(c2ccccc2)[C@@](C)(O)[C@]1(C)C(C)C.CCC1=C(c2ccccc2)[C@@](C)(O)[C@]1(C)C(C)C.CCC1=C(c2ccccc2)[C@@](C)(O)[C@]1(C)C(C)C.CCC1=C(c2ccccc2)[C@@](C)(O)[C@]1(C)C(C)C. The summed E-state index contributed by atoms with van der Waals surface area (Å²) in [6.45, 7) is 43.0. The highest BCUT2D eigenvalue weighted by Crippen LogP contribution is 2.66. The molecule has 0 amide bonds. The third-order valence-electron chi connectivity index (χ3n) is 20.0. The molecule has 0 saturated carbocycles. The Morgan fingerprint density at radius 1 is 0.278 bits per heavy atom. The van der Waals surface area contributed by atoms with Gasteiger partial charge in [-0.3, -0.25) is 0 Å². The number of hydrogen-bond donors (Lipinski definition) is 4. The lowest BCUT2D eigenvalue weighted by molar-refractivity contribution is -0.0425. The third kappa shape index (κ3) is 8.90. The molecule has 0 aliphatic heterocycles. The maximum Gasteiger partial charge on any atom is 0.0966 e. The molecule has 0 saturated heterocycles. The lowest BCUT2D eigenvalue weighted by atomic mass is 9.48. The van der Waals surface area contributed by atoms with Gasteiger partial charge in [0.05, 0.1) is 22.4 Å². The predicted molar refractivity (Wildman–Crippen MR) is 309 cm³/mol. The number of rotatable bonds is 12. The van der Waals surface area contributed by atoms with Gasteiger partial charge in [0.2, 0.25) is 0 Å². The summed E-state index contributed by atoms with van der Waals surface area (Å²) in [6, 6.07) is 41.2. The van der Waals surface area contributed by atoms with Gasteiger partial charge in [0.15, 0.2) is 0 Å². The van der Waals surface area contributed by atoms with Crippen molar-refractivity contribution in [2.24, 2.45) is 45.3 Å². The first-order valence-corrected chi connectivity index (χ1v) is 27.6. The van der Waals surface area contributed by atoms with Gasteiger partial charge in [-0.15, -0.1) is 0 Å². The summed E-state index contributed by atoms with van der Waals surface area (Å²) in [6.07, 6.45) is 4.04. The molecule has 4 nitrogen and oxygen atoms in total. The molecule has 0 fully saturated rings. The van der Waals surface area contributed by atoms with Gasteiger partial charge >= 0.3 is 0 Å². The first-order chi connectivity index (χ1) is 33.5. The highest BCUT2D eigenvalue weighted by Gasteiger charge is 2.62. The smallest absolute Gasteiger partial charge is 0.0966 e. The van der Waals surface area contributed by atoms with E-state index >= 15 is 0 Å². The zero-order valence-corrected chi connectivity index (χ0v) is 48.5. The molecule has 72 heavy (non-hydrogen) atoms. The Balaban J connectivity index is 0.000000178. The lowest BCUT2D eigenvalue weighted by Gasteiger charge is -2.58. The second-order valence-electron chi connectivity index (χ2n) is 24.0. The van der Waals surface area contributed by atoms with E-state index in [1.165, 1.54) is 22.3 Å². The second kappa shape index (κ2) is 21.5. The Kier molecular flexibility index (Phi) is 17.5. The molecule has 4 aliphatic carbocycles. The molecule has 0 bridgehead atoms. The Bertz CT molecular complexity index is 2240. The van der Waals surface area contributed by atoms with Crippen LogP contribution >= 0.6 is 0 Å². The predicted octanol–water partition coefficient (Wildman–Crippen LogP) is 17.1. The number of benzene rings is 4. The van der Waals surface area contributed by atoms with Crippen molar-refractivity contribution in [2.75, 3.05) is 0 Å².